The first-order chi connectivity index (χ1) is 12.6. The van der Waals surface area contributed by atoms with E-state index in [2.05, 4.69) is 19.1 Å². The first kappa shape index (κ1) is 18.3. The summed E-state index contributed by atoms with van der Waals surface area (Å²) in [4.78, 5) is 13.5. The van der Waals surface area contributed by atoms with Gasteiger partial charge in [-0.15, -0.1) is 11.8 Å². The molecule has 0 aliphatic rings. The van der Waals surface area contributed by atoms with E-state index in [1.54, 1.807) is 0 Å². The highest BCUT2D eigenvalue weighted by Gasteiger charge is 2.14. The molecule has 0 radical (unpaired) electrons. The molecule has 3 rings (SSSR count). The standard InChI is InChI=1S/C22H22O3S/c1-16(15-26-18-10-6-3-7-11-18)12-13-19-20(23)14-21(25-22(19)24)17-8-4-2-5-9-17/h2-11,14,16,23H,12-13,15H2,1H3. The van der Waals surface area contributed by atoms with Crippen molar-refractivity contribution in [1.29, 1.82) is 0 Å². The first-order valence-electron chi connectivity index (χ1n) is 8.72. The molecule has 0 spiro atoms. The highest BCUT2D eigenvalue weighted by Crippen LogP contribution is 2.26. The Bertz CT molecular complexity index is 888. The van der Waals surface area contributed by atoms with Gasteiger partial charge in [-0.25, -0.2) is 4.79 Å². The number of aromatic hydroxyl groups is 1. The van der Waals surface area contributed by atoms with Crippen LogP contribution in [0.15, 0.2) is 80.8 Å². The number of thioether (sulfide) groups is 1. The molecule has 2 aromatic carbocycles. The predicted molar refractivity (Wildman–Crippen MR) is 107 cm³/mol. The van der Waals surface area contributed by atoms with Gasteiger partial charge in [-0.3, -0.25) is 0 Å². The van der Waals surface area contributed by atoms with Crippen molar-refractivity contribution >= 4 is 11.8 Å². The first-order valence-corrected chi connectivity index (χ1v) is 9.71. The van der Waals surface area contributed by atoms with Gasteiger partial charge < -0.3 is 9.52 Å². The summed E-state index contributed by atoms with van der Waals surface area (Å²) in [5.41, 5.74) is 0.687. The zero-order valence-corrected chi connectivity index (χ0v) is 15.5. The van der Waals surface area contributed by atoms with Crippen molar-refractivity contribution in [3.05, 3.63) is 82.7 Å². The van der Waals surface area contributed by atoms with Crippen molar-refractivity contribution in [1.82, 2.24) is 0 Å². The van der Waals surface area contributed by atoms with Crippen LogP contribution in [0.1, 0.15) is 18.9 Å². The Labute approximate surface area is 157 Å². The molecule has 0 amide bonds. The lowest BCUT2D eigenvalue weighted by molar-refractivity contribution is 0.435. The van der Waals surface area contributed by atoms with Crippen LogP contribution in [-0.2, 0) is 6.42 Å². The van der Waals surface area contributed by atoms with E-state index in [9.17, 15) is 9.90 Å². The van der Waals surface area contributed by atoms with E-state index < -0.39 is 5.63 Å². The van der Waals surface area contributed by atoms with Crippen molar-refractivity contribution in [2.45, 2.75) is 24.7 Å². The van der Waals surface area contributed by atoms with Crippen LogP contribution in [-0.4, -0.2) is 10.9 Å². The van der Waals surface area contributed by atoms with Crippen LogP contribution < -0.4 is 5.63 Å². The molecule has 0 saturated carbocycles. The largest absolute Gasteiger partial charge is 0.507 e. The van der Waals surface area contributed by atoms with E-state index in [1.807, 2.05) is 60.3 Å². The lowest BCUT2D eigenvalue weighted by Crippen LogP contribution is -2.10. The third kappa shape index (κ3) is 4.79. The lowest BCUT2D eigenvalue weighted by Gasteiger charge is -2.11. The second-order valence-corrected chi connectivity index (χ2v) is 7.49. The summed E-state index contributed by atoms with van der Waals surface area (Å²) in [6.07, 6.45) is 1.34. The molecule has 1 atom stereocenters. The molecule has 0 bridgehead atoms. The Morgan fingerprint density at radius 1 is 1.04 bits per heavy atom. The van der Waals surface area contributed by atoms with Crippen molar-refractivity contribution in [2.75, 3.05) is 5.75 Å². The molecule has 26 heavy (non-hydrogen) atoms. The number of hydrogen-bond donors (Lipinski definition) is 1. The average Bonchev–Trinajstić information content (AvgIpc) is 2.67. The Morgan fingerprint density at radius 2 is 1.69 bits per heavy atom. The summed E-state index contributed by atoms with van der Waals surface area (Å²) in [7, 11) is 0. The molecule has 4 heteroatoms. The SMILES string of the molecule is CC(CCc1c(O)cc(-c2ccccc2)oc1=O)CSc1ccccc1. The van der Waals surface area contributed by atoms with Crippen LogP contribution in [0.25, 0.3) is 11.3 Å². The second-order valence-electron chi connectivity index (χ2n) is 6.40. The molecule has 3 aromatic rings. The molecule has 134 valence electrons. The van der Waals surface area contributed by atoms with Crippen LogP contribution in [0, 0.1) is 5.92 Å². The Balaban J connectivity index is 1.62. The maximum absolute atomic E-state index is 12.3. The van der Waals surface area contributed by atoms with Gasteiger partial charge in [0.25, 0.3) is 0 Å². The summed E-state index contributed by atoms with van der Waals surface area (Å²) < 4.78 is 5.42. The van der Waals surface area contributed by atoms with Crippen molar-refractivity contribution < 1.29 is 9.52 Å². The van der Waals surface area contributed by atoms with Gasteiger partial charge in [0, 0.05) is 22.3 Å². The second kappa shape index (κ2) is 8.77. The van der Waals surface area contributed by atoms with Gasteiger partial charge in [0.2, 0.25) is 0 Å². The normalized spacial score (nSPS) is 12.0. The van der Waals surface area contributed by atoms with Crippen LogP contribution in [0.4, 0.5) is 0 Å². The monoisotopic (exact) mass is 366 g/mol. The van der Waals surface area contributed by atoms with Crippen molar-refractivity contribution in [3.8, 4) is 17.1 Å². The maximum atomic E-state index is 12.3. The average molecular weight is 366 g/mol. The van der Waals surface area contributed by atoms with Gasteiger partial charge >= 0.3 is 5.63 Å². The zero-order chi connectivity index (χ0) is 18.4. The van der Waals surface area contributed by atoms with Crippen molar-refractivity contribution in [2.24, 2.45) is 5.92 Å². The van der Waals surface area contributed by atoms with Crippen molar-refractivity contribution in [3.63, 3.8) is 0 Å². The molecule has 3 nitrogen and oxygen atoms in total. The van der Waals surface area contributed by atoms with Gasteiger partial charge in [-0.1, -0.05) is 55.5 Å². The van der Waals surface area contributed by atoms with E-state index in [1.165, 1.54) is 11.0 Å². The molecule has 1 aromatic heterocycles. The van der Waals surface area contributed by atoms with E-state index in [4.69, 9.17) is 4.42 Å². The lowest BCUT2D eigenvalue weighted by atomic mass is 10.0. The summed E-state index contributed by atoms with van der Waals surface area (Å²) >= 11 is 1.81. The van der Waals surface area contributed by atoms with Crippen LogP contribution in [0.3, 0.4) is 0 Å². The summed E-state index contributed by atoms with van der Waals surface area (Å²) in [5.74, 6) is 1.80. The molecule has 1 unspecified atom stereocenters. The highest BCUT2D eigenvalue weighted by molar-refractivity contribution is 7.99. The number of rotatable bonds is 7. The quantitative estimate of drug-likeness (QED) is 0.571. The minimum atomic E-state index is -0.452. The van der Waals surface area contributed by atoms with Gasteiger partial charge in [0.05, 0.1) is 5.56 Å². The summed E-state index contributed by atoms with van der Waals surface area (Å²) in [6.45, 7) is 2.16. The van der Waals surface area contributed by atoms with E-state index in [-0.39, 0.29) is 5.75 Å². The van der Waals surface area contributed by atoms with Gasteiger partial charge in [0.15, 0.2) is 0 Å². The molecular formula is C22H22O3S. The topological polar surface area (TPSA) is 50.4 Å². The summed E-state index contributed by atoms with van der Waals surface area (Å²) in [6, 6.07) is 21.1. The fourth-order valence-electron chi connectivity index (χ4n) is 2.71. The minimum absolute atomic E-state index is 0.0167. The van der Waals surface area contributed by atoms with Gasteiger partial charge in [-0.05, 0) is 30.9 Å². The van der Waals surface area contributed by atoms with Gasteiger partial charge in [0.1, 0.15) is 11.5 Å². The smallest absolute Gasteiger partial charge is 0.343 e. The fourth-order valence-corrected chi connectivity index (χ4v) is 3.70. The van der Waals surface area contributed by atoms with E-state index >= 15 is 0 Å². The number of benzene rings is 2. The molecule has 0 fully saturated rings. The third-order valence-corrected chi connectivity index (χ3v) is 5.59. The number of hydrogen-bond acceptors (Lipinski definition) is 4. The van der Waals surface area contributed by atoms with Crippen LogP contribution in [0.2, 0.25) is 0 Å². The van der Waals surface area contributed by atoms with E-state index in [0.717, 1.165) is 17.7 Å². The van der Waals surface area contributed by atoms with Crippen LogP contribution >= 0.6 is 11.8 Å². The predicted octanol–water partition coefficient (Wildman–Crippen LogP) is 5.37. The fraction of sp³-hybridized carbons (Fsp3) is 0.227. The zero-order valence-electron chi connectivity index (χ0n) is 14.7. The molecule has 0 aliphatic heterocycles. The highest BCUT2D eigenvalue weighted by atomic mass is 32.2. The Hall–Kier alpha value is -2.46. The summed E-state index contributed by atoms with van der Waals surface area (Å²) in [5, 5.41) is 10.3. The Morgan fingerprint density at radius 3 is 2.35 bits per heavy atom. The molecule has 0 saturated heterocycles. The Kier molecular flexibility index (Phi) is 6.18. The molecule has 1 heterocycles. The van der Waals surface area contributed by atoms with Gasteiger partial charge in [-0.2, -0.15) is 0 Å². The maximum Gasteiger partial charge on any atom is 0.343 e. The molecular weight excluding hydrogens is 344 g/mol. The molecule has 1 N–H and O–H groups in total. The minimum Gasteiger partial charge on any atom is -0.507 e. The molecule has 0 aliphatic carbocycles. The van der Waals surface area contributed by atoms with Crippen LogP contribution in [0.5, 0.6) is 5.75 Å². The third-order valence-electron chi connectivity index (χ3n) is 4.25. The van der Waals surface area contributed by atoms with E-state index in [0.29, 0.717) is 23.7 Å².